The van der Waals surface area contributed by atoms with E-state index in [0.29, 0.717) is 29.8 Å². The van der Waals surface area contributed by atoms with Crippen molar-refractivity contribution in [1.82, 2.24) is 4.90 Å². The molecule has 1 heterocycles. The summed E-state index contributed by atoms with van der Waals surface area (Å²) in [5.41, 5.74) is 2.07. The number of allylic oxidation sites excluding steroid dienone is 1. The van der Waals surface area contributed by atoms with Crippen LogP contribution in [-0.4, -0.2) is 37.1 Å². The van der Waals surface area contributed by atoms with Gasteiger partial charge in [-0.05, 0) is 99.0 Å². The lowest BCUT2D eigenvalue weighted by atomic mass is 9.49. The zero-order valence-electron chi connectivity index (χ0n) is 20.0. The molecule has 3 aliphatic carbocycles. The average Bonchev–Trinajstić information content (AvgIpc) is 3.31. The molecule has 4 aliphatic rings. The quantitative estimate of drug-likeness (QED) is 0.402. The minimum absolute atomic E-state index is 0.117. The Labute approximate surface area is 185 Å². The molecule has 0 amide bonds. The molecule has 7 atom stereocenters. The maximum Gasteiger partial charge on any atom is 0.302 e. The molecule has 0 aromatic carbocycles. The topological polar surface area (TPSA) is 29.5 Å². The van der Waals surface area contributed by atoms with Gasteiger partial charge in [0.15, 0.2) is 0 Å². The molecule has 0 radical (unpaired) electrons. The fourth-order valence-electron chi connectivity index (χ4n) is 8.14. The molecule has 0 aromatic rings. The number of esters is 1. The molecule has 0 N–H and O–H groups in total. The number of carbonyl (C=O) groups excluding carboxylic acids is 1. The van der Waals surface area contributed by atoms with Crippen molar-refractivity contribution in [3.05, 3.63) is 12.2 Å². The second-order valence-corrected chi connectivity index (χ2v) is 11.9. The number of likely N-dealkylation sites (tertiary alicyclic amines) is 1. The molecule has 3 nitrogen and oxygen atoms in total. The van der Waals surface area contributed by atoms with Crippen molar-refractivity contribution in [2.24, 2.45) is 40.4 Å². The number of hydrogen-bond donors (Lipinski definition) is 0. The largest absolute Gasteiger partial charge is 0.466 e. The Morgan fingerprint density at radius 3 is 2.57 bits per heavy atom. The number of ether oxygens (including phenoxy) is 1. The third-order valence-electron chi connectivity index (χ3n) is 10.2. The molecule has 0 aromatic heterocycles. The Morgan fingerprint density at radius 1 is 1.13 bits per heavy atom. The summed E-state index contributed by atoms with van der Waals surface area (Å²) in [4.78, 5) is 14.5. The van der Waals surface area contributed by atoms with Crippen molar-refractivity contribution >= 4 is 5.97 Å². The Balaban J connectivity index is 1.61. The van der Waals surface area contributed by atoms with Gasteiger partial charge in [-0.3, -0.25) is 4.79 Å². The third-order valence-corrected chi connectivity index (χ3v) is 10.2. The normalized spacial score (nSPS) is 44.8. The molecule has 1 aliphatic heterocycles. The zero-order valence-corrected chi connectivity index (χ0v) is 20.0. The number of nitrogens with zero attached hydrogens (tertiary/aromatic N) is 1. The minimum atomic E-state index is -0.117. The molecule has 3 saturated carbocycles. The number of carbonyl (C=O) groups is 1. The molecule has 170 valence electrons. The van der Waals surface area contributed by atoms with E-state index in [9.17, 15) is 4.79 Å². The van der Waals surface area contributed by atoms with E-state index in [1.165, 1.54) is 76.6 Å². The Kier molecular flexibility index (Phi) is 6.41. The van der Waals surface area contributed by atoms with Gasteiger partial charge in [-0.2, -0.15) is 0 Å². The van der Waals surface area contributed by atoms with Gasteiger partial charge in [0.1, 0.15) is 0 Å². The number of fused-ring (bicyclic) bond motifs is 1. The van der Waals surface area contributed by atoms with Crippen LogP contribution in [0.2, 0.25) is 0 Å². The monoisotopic (exact) mass is 415 g/mol. The first-order chi connectivity index (χ1) is 14.2. The Bertz CT molecular complexity index is 653. The van der Waals surface area contributed by atoms with Crippen LogP contribution in [0.3, 0.4) is 0 Å². The van der Waals surface area contributed by atoms with Crippen molar-refractivity contribution in [1.29, 1.82) is 0 Å². The molecule has 4 fully saturated rings. The van der Waals surface area contributed by atoms with E-state index in [-0.39, 0.29) is 11.4 Å². The molecule has 4 rings (SSSR count). The lowest BCUT2D eigenvalue weighted by Gasteiger charge is -2.57. The molecule has 1 saturated heterocycles. The van der Waals surface area contributed by atoms with Gasteiger partial charge >= 0.3 is 5.97 Å². The minimum Gasteiger partial charge on any atom is -0.466 e. The third kappa shape index (κ3) is 4.00. The van der Waals surface area contributed by atoms with Gasteiger partial charge in [-0.15, -0.1) is 0 Å². The van der Waals surface area contributed by atoms with Gasteiger partial charge in [0.25, 0.3) is 0 Å². The fraction of sp³-hybridized carbons (Fsp3) is 0.889. The van der Waals surface area contributed by atoms with Crippen LogP contribution in [0.4, 0.5) is 0 Å². The van der Waals surface area contributed by atoms with Gasteiger partial charge in [-0.1, -0.05) is 39.3 Å². The maximum absolute atomic E-state index is 11.8. The van der Waals surface area contributed by atoms with Gasteiger partial charge in [0, 0.05) is 19.4 Å². The second-order valence-electron chi connectivity index (χ2n) is 11.9. The summed E-state index contributed by atoms with van der Waals surface area (Å²) < 4.78 is 5.75. The first-order valence-corrected chi connectivity index (χ1v) is 12.8. The van der Waals surface area contributed by atoms with Crippen LogP contribution < -0.4 is 0 Å². The predicted octanol–water partition coefficient (Wildman–Crippen LogP) is 6.09. The Morgan fingerprint density at radius 2 is 1.87 bits per heavy atom. The zero-order chi connectivity index (χ0) is 21.5. The second kappa shape index (κ2) is 8.60. The lowest BCUT2D eigenvalue weighted by Crippen LogP contribution is -2.52. The van der Waals surface area contributed by atoms with Crippen LogP contribution in [0, 0.1) is 40.4 Å². The maximum atomic E-state index is 11.8. The summed E-state index contributed by atoms with van der Waals surface area (Å²) >= 11 is 0. The smallest absolute Gasteiger partial charge is 0.302 e. The van der Waals surface area contributed by atoms with Crippen molar-refractivity contribution in [2.45, 2.75) is 85.5 Å². The van der Waals surface area contributed by atoms with E-state index in [1.807, 2.05) is 0 Å². The highest BCUT2D eigenvalue weighted by molar-refractivity contribution is 5.65. The van der Waals surface area contributed by atoms with Crippen LogP contribution in [0.1, 0.15) is 85.5 Å². The summed E-state index contributed by atoms with van der Waals surface area (Å²) in [6.07, 6.45) is 11.8. The summed E-state index contributed by atoms with van der Waals surface area (Å²) in [5.74, 6) is 3.30. The molecule has 3 heteroatoms. The van der Waals surface area contributed by atoms with Crippen molar-refractivity contribution in [3.8, 4) is 0 Å². The van der Waals surface area contributed by atoms with Gasteiger partial charge in [-0.25, -0.2) is 0 Å². The Hall–Kier alpha value is -0.830. The number of rotatable bonds is 5. The highest BCUT2D eigenvalue weighted by Crippen LogP contribution is 2.63. The highest BCUT2D eigenvalue weighted by atomic mass is 16.5. The van der Waals surface area contributed by atoms with Crippen LogP contribution >= 0.6 is 0 Å². The van der Waals surface area contributed by atoms with Crippen LogP contribution in [0.15, 0.2) is 12.2 Å². The van der Waals surface area contributed by atoms with Crippen molar-refractivity contribution < 1.29 is 9.53 Å². The van der Waals surface area contributed by atoms with Gasteiger partial charge in [0.2, 0.25) is 0 Å². The van der Waals surface area contributed by atoms with E-state index in [1.54, 1.807) is 6.92 Å². The molecule has 2 unspecified atom stereocenters. The van der Waals surface area contributed by atoms with Gasteiger partial charge < -0.3 is 9.64 Å². The fourth-order valence-corrected chi connectivity index (χ4v) is 8.14. The summed E-state index contributed by atoms with van der Waals surface area (Å²) in [5, 5.41) is 0. The number of hydrogen-bond acceptors (Lipinski definition) is 3. The van der Waals surface area contributed by atoms with Crippen LogP contribution in [-0.2, 0) is 9.53 Å². The average molecular weight is 416 g/mol. The van der Waals surface area contributed by atoms with E-state index >= 15 is 0 Å². The summed E-state index contributed by atoms with van der Waals surface area (Å²) in [6, 6.07) is 0. The summed E-state index contributed by atoms with van der Waals surface area (Å²) in [6.45, 7) is 18.1. The van der Waals surface area contributed by atoms with E-state index in [4.69, 9.17) is 4.74 Å². The van der Waals surface area contributed by atoms with E-state index in [2.05, 4.69) is 32.3 Å². The molecule has 0 bridgehead atoms. The van der Waals surface area contributed by atoms with Crippen molar-refractivity contribution in [2.75, 3.05) is 26.2 Å². The van der Waals surface area contributed by atoms with E-state index < -0.39 is 0 Å². The molecular weight excluding hydrogens is 370 g/mol. The van der Waals surface area contributed by atoms with Crippen LogP contribution in [0.5, 0.6) is 0 Å². The molecule has 0 spiro atoms. The molecule has 30 heavy (non-hydrogen) atoms. The van der Waals surface area contributed by atoms with Crippen LogP contribution in [0.25, 0.3) is 0 Å². The van der Waals surface area contributed by atoms with Gasteiger partial charge in [0.05, 0.1) is 6.61 Å². The molecular formula is C27H45NO2. The SMILES string of the molecule is C=C1CCC2[C@H](COC(C)=O)C([C@@]3(C)CC[C@H](C)C[C@@H]3CN3CCCC3)CC[C@]12C. The summed E-state index contributed by atoms with van der Waals surface area (Å²) in [7, 11) is 0. The standard InChI is InChI=1S/C27H45NO2/c1-19-10-12-27(5,22(16-19)17-28-14-6-7-15-28)25-11-13-26(4)20(2)8-9-24(26)23(25)18-30-21(3)29/h19,22-25H,2,6-18H2,1,3-5H3/t19-,22+,23-,24?,25?,26+,27-/m0/s1. The lowest BCUT2D eigenvalue weighted by molar-refractivity contribution is -0.149. The first-order valence-electron chi connectivity index (χ1n) is 12.8. The predicted molar refractivity (Wildman–Crippen MR) is 123 cm³/mol. The highest BCUT2D eigenvalue weighted by Gasteiger charge is 2.57. The van der Waals surface area contributed by atoms with Crippen molar-refractivity contribution in [3.63, 3.8) is 0 Å². The van der Waals surface area contributed by atoms with E-state index in [0.717, 1.165) is 18.3 Å². The first kappa shape index (κ1) is 22.4.